The van der Waals surface area contributed by atoms with Gasteiger partial charge in [-0.1, -0.05) is 19.1 Å². The van der Waals surface area contributed by atoms with Crippen LogP contribution in [0.5, 0.6) is 0 Å². The van der Waals surface area contributed by atoms with Gasteiger partial charge in [0.2, 0.25) is 0 Å². The number of alkyl halides is 1. The van der Waals surface area contributed by atoms with Crippen molar-refractivity contribution in [2.45, 2.75) is 25.6 Å². The number of halogens is 1. The van der Waals surface area contributed by atoms with E-state index in [0.717, 1.165) is 38.0 Å². The molecule has 1 aromatic carbocycles. The van der Waals surface area contributed by atoms with Crippen LogP contribution in [0.25, 0.3) is 0 Å². The number of hydrogen-bond donors (Lipinski definition) is 1. The molecule has 110 valence electrons. The first kappa shape index (κ1) is 15.3. The fourth-order valence-corrected chi connectivity index (χ4v) is 2.69. The number of benzene rings is 1. The maximum Gasteiger partial charge on any atom is 0.251 e. The number of hydrogen-bond acceptors (Lipinski definition) is 2. The van der Waals surface area contributed by atoms with E-state index in [-0.39, 0.29) is 11.3 Å². The Morgan fingerprint density at radius 2 is 2.10 bits per heavy atom. The largest absolute Gasteiger partial charge is 0.351 e. The zero-order valence-electron chi connectivity index (χ0n) is 12.3. The predicted octanol–water partition coefficient (Wildman–Crippen LogP) is 2.89. The summed E-state index contributed by atoms with van der Waals surface area (Å²) < 4.78 is 0. The number of likely N-dealkylation sites (tertiary alicyclic amines) is 1. The summed E-state index contributed by atoms with van der Waals surface area (Å²) in [5.41, 5.74) is 1.89. The lowest BCUT2D eigenvalue weighted by Gasteiger charge is -2.37. The van der Waals surface area contributed by atoms with Crippen molar-refractivity contribution < 1.29 is 4.79 Å². The normalized spacial score (nSPS) is 18.8. The highest BCUT2D eigenvalue weighted by Gasteiger charge is 2.29. The van der Waals surface area contributed by atoms with Gasteiger partial charge in [0.25, 0.3) is 5.91 Å². The molecule has 1 aliphatic rings. The third kappa shape index (κ3) is 3.97. The van der Waals surface area contributed by atoms with E-state index in [0.29, 0.717) is 11.4 Å². The van der Waals surface area contributed by atoms with Crippen molar-refractivity contribution in [3.63, 3.8) is 0 Å². The number of piperidine rings is 1. The summed E-state index contributed by atoms with van der Waals surface area (Å²) in [5.74, 6) is 0.433. The van der Waals surface area contributed by atoms with Gasteiger partial charge in [-0.05, 0) is 56.1 Å². The van der Waals surface area contributed by atoms with Gasteiger partial charge in [0.1, 0.15) is 0 Å². The SMILES string of the molecule is CN1CCC(C)(CNC(=O)c2cccc(CCl)c2)CC1. The Bertz CT molecular complexity index is 467. The van der Waals surface area contributed by atoms with Crippen molar-refractivity contribution in [2.75, 3.05) is 26.7 Å². The molecule has 0 aliphatic carbocycles. The average Bonchev–Trinajstić information content (AvgIpc) is 2.48. The molecule has 1 heterocycles. The molecule has 1 aromatic rings. The zero-order valence-corrected chi connectivity index (χ0v) is 13.0. The molecule has 0 bridgehead atoms. The second-order valence-corrected chi connectivity index (χ2v) is 6.40. The molecule has 1 aliphatic heterocycles. The molecular formula is C16H23ClN2O. The van der Waals surface area contributed by atoms with Crippen LogP contribution >= 0.6 is 11.6 Å². The summed E-state index contributed by atoms with van der Waals surface area (Å²) in [6.45, 7) is 5.21. The molecule has 1 fully saturated rings. The predicted molar refractivity (Wildman–Crippen MR) is 83.2 cm³/mol. The monoisotopic (exact) mass is 294 g/mol. The maximum atomic E-state index is 12.2. The van der Waals surface area contributed by atoms with E-state index in [1.807, 2.05) is 24.3 Å². The first-order chi connectivity index (χ1) is 9.52. The molecule has 20 heavy (non-hydrogen) atoms. The van der Waals surface area contributed by atoms with Gasteiger partial charge in [0.05, 0.1) is 0 Å². The van der Waals surface area contributed by atoms with Crippen LogP contribution in [0, 0.1) is 5.41 Å². The molecule has 0 saturated carbocycles. The van der Waals surface area contributed by atoms with Gasteiger partial charge < -0.3 is 10.2 Å². The lowest BCUT2D eigenvalue weighted by Crippen LogP contribution is -2.43. The fourth-order valence-electron chi connectivity index (χ4n) is 2.53. The third-order valence-electron chi connectivity index (χ3n) is 4.21. The molecule has 0 unspecified atom stereocenters. The summed E-state index contributed by atoms with van der Waals surface area (Å²) in [6.07, 6.45) is 2.26. The molecule has 0 radical (unpaired) electrons. The number of carbonyl (C=O) groups excluding carboxylic acids is 1. The molecule has 4 heteroatoms. The quantitative estimate of drug-likeness (QED) is 0.866. The molecule has 0 aromatic heterocycles. The van der Waals surface area contributed by atoms with Crippen molar-refractivity contribution in [1.82, 2.24) is 10.2 Å². The van der Waals surface area contributed by atoms with Crippen LogP contribution in [0.3, 0.4) is 0 Å². The molecule has 0 atom stereocenters. The van der Waals surface area contributed by atoms with Gasteiger partial charge in [0, 0.05) is 18.0 Å². The lowest BCUT2D eigenvalue weighted by atomic mass is 9.80. The van der Waals surface area contributed by atoms with Gasteiger partial charge in [-0.15, -0.1) is 11.6 Å². The number of nitrogens with one attached hydrogen (secondary N) is 1. The van der Waals surface area contributed by atoms with Crippen LogP contribution in [0.4, 0.5) is 0 Å². The van der Waals surface area contributed by atoms with E-state index in [4.69, 9.17) is 11.6 Å². The van der Waals surface area contributed by atoms with Crippen molar-refractivity contribution in [2.24, 2.45) is 5.41 Å². The number of carbonyl (C=O) groups is 1. The van der Waals surface area contributed by atoms with Gasteiger partial charge in [0.15, 0.2) is 0 Å². The molecule has 0 spiro atoms. The summed E-state index contributed by atoms with van der Waals surface area (Å²) in [5, 5.41) is 3.07. The second-order valence-electron chi connectivity index (χ2n) is 6.13. The van der Waals surface area contributed by atoms with Crippen LogP contribution in [-0.4, -0.2) is 37.5 Å². The van der Waals surface area contributed by atoms with Gasteiger partial charge >= 0.3 is 0 Å². The number of rotatable bonds is 4. The summed E-state index contributed by atoms with van der Waals surface area (Å²) >= 11 is 5.80. The Morgan fingerprint density at radius 1 is 1.40 bits per heavy atom. The van der Waals surface area contributed by atoms with Crippen LogP contribution in [0.1, 0.15) is 35.7 Å². The van der Waals surface area contributed by atoms with Crippen LogP contribution in [0.15, 0.2) is 24.3 Å². The second kappa shape index (κ2) is 6.59. The average molecular weight is 295 g/mol. The highest BCUT2D eigenvalue weighted by molar-refractivity contribution is 6.17. The van der Waals surface area contributed by atoms with Gasteiger partial charge in [-0.3, -0.25) is 4.79 Å². The van der Waals surface area contributed by atoms with Gasteiger partial charge in [-0.2, -0.15) is 0 Å². The third-order valence-corrected chi connectivity index (χ3v) is 4.52. The van der Waals surface area contributed by atoms with Crippen molar-refractivity contribution in [3.8, 4) is 0 Å². The van der Waals surface area contributed by atoms with Gasteiger partial charge in [-0.25, -0.2) is 0 Å². The smallest absolute Gasteiger partial charge is 0.251 e. The topological polar surface area (TPSA) is 32.3 Å². The summed E-state index contributed by atoms with van der Waals surface area (Å²) in [4.78, 5) is 14.5. The van der Waals surface area contributed by atoms with Crippen molar-refractivity contribution in [3.05, 3.63) is 35.4 Å². The minimum Gasteiger partial charge on any atom is -0.351 e. The minimum absolute atomic E-state index is 0.00267. The highest BCUT2D eigenvalue weighted by atomic mass is 35.5. The highest BCUT2D eigenvalue weighted by Crippen LogP contribution is 2.29. The standard InChI is InChI=1S/C16H23ClN2O/c1-16(6-8-19(2)9-7-16)12-18-15(20)14-5-3-4-13(10-14)11-17/h3-5,10H,6-9,11-12H2,1-2H3,(H,18,20). The zero-order chi connectivity index (χ0) is 14.6. The van der Waals surface area contributed by atoms with E-state index in [1.54, 1.807) is 0 Å². The Hall–Kier alpha value is -1.06. The van der Waals surface area contributed by atoms with Crippen LogP contribution in [-0.2, 0) is 5.88 Å². The fraction of sp³-hybridized carbons (Fsp3) is 0.562. The van der Waals surface area contributed by atoms with Crippen molar-refractivity contribution in [1.29, 1.82) is 0 Å². The van der Waals surface area contributed by atoms with E-state index in [2.05, 4.69) is 24.2 Å². The van der Waals surface area contributed by atoms with Crippen LogP contribution < -0.4 is 5.32 Å². The Balaban J connectivity index is 1.91. The number of nitrogens with zero attached hydrogens (tertiary/aromatic N) is 1. The molecule has 2 rings (SSSR count). The molecular weight excluding hydrogens is 272 g/mol. The minimum atomic E-state index is -0.00267. The van der Waals surface area contributed by atoms with E-state index >= 15 is 0 Å². The van der Waals surface area contributed by atoms with E-state index in [1.165, 1.54) is 0 Å². The maximum absolute atomic E-state index is 12.2. The first-order valence-electron chi connectivity index (χ1n) is 7.14. The van der Waals surface area contributed by atoms with E-state index < -0.39 is 0 Å². The molecule has 1 N–H and O–H groups in total. The summed E-state index contributed by atoms with van der Waals surface area (Å²) in [7, 11) is 2.15. The lowest BCUT2D eigenvalue weighted by molar-refractivity contribution is 0.0891. The Labute approximate surface area is 126 Å². The summed E-state index contributed by atoms with van der Waals surface area (Å²) in [6, 6.07) is 7.51. The molecule has 1 saturated heterocycles. The first-order valence-corrected chi connectivity index (χ1v) is 7.67. The Morgan fingerprint density at radius 3 is 2.75 bits per heavy atom. The molecule has 3 nitrogen and oxygen atoms in total. The van der Waals surface area contributed by atoms with Crippen molar-refractivity contribution >= 4 is 17.5 Å². The van der Waals surface area contributed by atoms with E-state index in [9.17, 15) is 4.79 Å². The Kier molecular flexibility index (Phi) is 5.06. The van der Waals surface area contributed by atoms with Crippen LogP contribution in [0.2, 0.25) is 0 Å². The number of amides is 1. The molecule has 1 amide bonds.